The smallest absolute Gasteiger partial charge is 0.220 e. The summed E-state index contributed by atoms with van der Waals surface area (Å²) in [6, 6.07) is 14.6. The van der Waals surface area contributed by atoms with Crippen LogP contribution in [0.3, 0.4) is 0 Å². The summed E-state index contributed by atoms with van der Waals surface area (Å²) in [6.07, 6.45) is 1.44. The molecule has 2 aromatic carbocycles. The van der Waals surface area contributed by atoms with Gasteiger partial charge in [-0.3, -0.25) is 0 Å². The average Bonchev–Trinajstić information content (AvgIpc) is 2.93. The summed E-state index contributed by atoms with van der Waals surface area (Å²) in [5.74, 6) is 1.36. The van der Waals surface area contributed by atoms with Gasteiger partial charge < -0.3 is 9.73 Å². The second-order valence-electron chi connectivity index (χ2n) is 4.76. The highest BCUT2D eigenvalue weighted by Gasteiger charge is 2.08. The first-order chi connectivity index (χ1) is 9.86. The molecule has 1 heterocycles. The molecule has 1 aromatic heterocycles. The van der Waals surface area contributed by atoms with Crippen molar-refractivity contribution in [3.05, 3.63) is 59.8 Å². The van der Waals surface area contributed by atoms with Crippen molar-refractivity contribution >= 4 is 10.8 Å². The number of benzene rings is 2. The highest BCUT2D eigenvalue weighted by molar-refractivity contribution is 5.85. The number of nitrogens with one attached hydrogen (secondary N) is 1. The second kappa shape index (κ2) is 5.84. The third-order valence-electron chi connectivity index (χ3n) is 3.32. The number of aromatic nitrogens is 2. The maximum absolute atomic E-state index is 5.68. The van der Waals surface area contributed by atoms with Crippen LogP contribution in [0, 0.1) is 0 Å². The molecule has 4 heteroatoms. The van der Waals surface area contributed by atoms with Gasteiger partial charge in [-0.15, -0.1) is 10.2 Å². The zero-order valence-electron chi connectivity index (χ0n) is 11.5. The Balaban J connectivity index is 1.84. The Labute approximate surface area is 117 Å². The number of fused-ring (bicyclic) bond motifs is 1. The molecule has 4 nitrogen and oxygen atoms in total. The molecule has 102 valence electrons. The Kier molecular flexibility index (Phi) is 3.74. The molecular formula is C16H17N3O. The Morgan fingerprint density at radius 2 is 1.80 bits per heavy atom. The normalized spacial score (nSPS) is 11.1. The Bertz CT molecular complexity index is 700. The van der Waals surface area contributed by atoms with E-state index in [0.717, 1.165) is 13.0 Å². The molecule has 20 heavy (non-hydrogen) atoms. The fourth-order valence-corrected chi connectivity index (χ4v) is 2.30. The van der Waals surface area contributed by atoms with Crippen LogP contribution in [0.25, 0.3) is 10.8 Å². The lowest BCUT2D eigenvalue weighted by Gasteiger charge is -2.03. The van der Waals surface area contributed by atoms with Gasteiger partial charge in [0, 0.05) is 13.0 Å². The van der Waals surface area contributed by atoms with Gasteiger partial charge in [0.25, 0.3) is 0 Å². The quantitative estimate of drug-likeness (QED) is 0.772. The van der Waals surface area contributed by atoms with E-state index in [1.54, 1.807) is 0 Å². The molecule has 0 amide bonds. The first kappa shape index (κ1) is 12.8. The van der Waals surface area contributed by atoms with E-state index < -0.39 is 0 Å². The van der Waals surface area contributed by atoms with Gasteiger partial charge in [0.05, 0.1) is 6.42 Å². The van der Waals surface area contributed by atoms with Crippen molar-refractivity contribution in [2.75, 3.05) is 13.6 Å². The maximum atomic E-state index is 5.68. The molecule has 0 bridgehead atoms. The van der Waals surface area contributed by atoms with Gasteiger partial charge in [-0.1, -0.05) is 42.5 Å². The number of hydrogen-bond acceptors (Lipinski definition) is 4. The third kappa shape index (κ3) is 2.70. The van der Waals surface area contributed by atoms with Crippen LogP contribution in [0.5, 0.6) is 0 Å². The Hall–Kier alpha value is -2.20. The molecule has 3 rings (SSSR count). The second-order valence-corrected chi connectivity index (χ2v) is 4.76. The van der Waals surface area contributed by atoms with E-state index in [9.17, 15) is 0 Å². The first-order valence-electron chi connectivity index (χ1n) is 6.79. The summed E-state index contributed by atoms with van der Waals surface area (Å²) < 4.78 is 5.68. The van der Waals surface area contributed by atoms with Gasteiger partial charge in [0.15, 0.2) is 0 Å². The van der Waals surface area contributed by atoms with Gasteiger partial charge >= 0.3 is 0 Å². The molecule has 0 saturated carbocycles. The Morgan fingerprint density at radius 1 is 1.00 bits per heavy atom. The van der Waals surface area contributed by atoms with E-state index in [-0.39, 0.29) is 0 Å². The lowest BCUT2D eigenvalue weighted by atomic mass is 10.0. The topological polar surface area (TPSA) is 51.0 Å². The monoisotopic (exact) mass is 267 g/mol. The van der Waals surface area contributed by atoms with Crippen molar-refractivity contribution in [2.24, 2.45) is 0 Å². The van der Waals surface area contributed by atoms with E-state index >= 15 is 0 Å². The largest absolute Gasteiger partial charge is 0.425 e. The molecule has 0 aliphatic carbocycles. The van der Waals surface area contributed by atoms with Crippen LogP contribution in [0.1, 0.15) is 17.3 Å². The van der Waals surface area contributed by atoms with Crippen LogP contribution in [-0.4, -0.2) is 23.8 Å². The molecule has 0 aliphatic rings. The number of hydrogen-bond donors (Lipinski definition) is 1. The maximum Gasteiger partial charge on any atom is 0.220 e. The minimum atomic E-state index is 0.674. The predicted octanol–water partition coefficient (Wildman–Crippen LogP) is 2.58. The standard InChI is InChI=1S/C16H17N3O/c1-17-10-9-15-18-19-16(20-15)11-13-7-4-6-12-5-2-3-8-14(12)13/h2-8,17H,9-11H2,1H3. The van der Waals surface area contributed by atoms with Gasteiger partial charge in [-0.2, -0.15) is 0 Å². The van der Waals surface area contributed by atoms with E-state index in [0.29, 0.717) is 18.2 Å². The van der Waals surface area contributed by atoms with Crippen molar-refractivity contribution in [2.45, 2.75) is 12.8 Å². The highest BCUT2D eigenvalue weighted by Crippen LogP contribution is 2.20. The highest BCUT2D eigenvalue weighted by atomic mass is 16.4. The SMILES string of the molecule is CNCCc1nnc(Cc2cccc3ccccc23)o1. The number of nitrogens with zero attached hydrogens (tertiary/aromatic N) is 2. The number of likely N-dealkylation sites (N-methyl/N-ethyl adjacent to an activating group) is 1. The van der Waals surface area contributed by atoms with Crippen molar-refractivity contribution in [1.29, 1.82) is 0 Å². The van der Waals surface area contributed by atoms with Crippen LogP contribution in [0.15, 0.2) is 46.9 Å². The minimum Gasteiger partial charge on any atom is -0.425 e. The van der Waals surface area contributed by atoms with E-state index in [4.69, 9.17) is 4.42 Å². The fourth-order valence-electron chi connectivity index (χ4n) is 2.30. The van der Waals surface area contributed by atoms with Crippen molar-refractivity contribution in [3.63, 3.8) is 0 Å². The molecule has 0 saturated heterocycles. The predicted molar refractivity (Wildman–Crippen MR) is 78.7 cm³/mol. The number of rotatable bonds is 5. The van der Waals surface area contributed by atoms with E-state index in [1.165, 1.54) is 16.3 Å². The van der Waals surface area contributed by atoms with Crippen LogP contribution >= 0.6 is 0 Å². The van der Waals surface area contributed by atoms with Gasteiger partial charge in [-0.05, 0) is 23.4 Å². The summed E-state index contributed by atoms with van der Waals surface area (Å²) in [6.45, 7) is 0.843. The zero-order valence-corrected chi connectivity index (χ0v) is 11.5. The van der Waals surface area contributed by atoms with Crippen molar-refractivity contribution in [1.82, 2.24) is 15.5 Å². The van der Waals surface area contributed by atoms with Crippen LogP contribution in [-0.2, 0) is 12.8 Å². The molecule has 0 spiro atoms. The zero-order chi connectivity index (χ0) is 13.8. The van der Waals surface area contributed by atoms with Crippen molar-refractivity contribution in [3.8, 4) is 0 Å². The summed E-state index contributed by atoms with van der Waals surface area (Å²) in [5, 5.41) is 13.7. The molecule has 0 fully saturated rings. The molecule has 0 atom stereocenters. The first-order valence-corrected chi connectivity index (χ1v) is 6.79. The summed E-state index contributed by atoms with van der Waals surface area (Å²) in [5.41, 5.74) is 1.21. The third-order valence-corrected chi connectivity index (χ3v) is 3.32. The van der Waals surface area contributed by atoms with Crippen LogP contribution in [0.2, 0.25) is 0 Å². The fraction of sp³-hybridized carbons (Fsp3) is 0.250. The summed E-state index contributed by atoms with van der Waals surface area (Å²) in [4.78, 5) is 0. The molecule has 1 N–H and O–H groups in total. The Morgan fingerprint density at radius 3 is 2.70 bits per heavy atom. The van der Waals surface area contributed by atoms with E-state index in [1.807, 2.05) is 7.05 Å². The van der Waals surface area contributed by atoms with E-state index in [2.05, 4.69) is 58.0 Å². The van der Waals surface area contributed by atoms with Crippen LogP contribution in [0.4, 0.5) is 0 Å². The minimum absolute atomic E-state index is 0.674. The van der Waals surface area contributed by atoms with Crippen molar-refractivity contribution < 1.29 is 4.42 Å². The summed E-state index contributed by atoms with van der Waals surface area (Å²) in [7, 11) is 1.91. The van der Waals surface area contributed by atoms with Gasteiger partial charge in [0.1, 0.15) is 0 Å². The molecule has 0 radical (unpaired) electrons. The molecule has 0 unspecified atom stereocenters. The molecule has 3 aromatic rings. The van der Waals surface area contributed by atoms with Crippen LogP contribution < -0.4 is 5.32 Å². The average molecular weight is 267 g/mol. The summed E-state index contributed by atoms with van der Waals surface area (Å²) >= 11 is 0. The van der Waals surface area contributed by atoms with Gasteiger partial charge in [-0.25, -0.2) is 0 Å². The molecular weight excluding hydrogens is 250 g/mol. The molecule has 0 aliphatic heterocycles. The lowest BCUT2D eigenvalue weighted by Crippen LogP contribution is -2.10. The lowest BCUT2D eigenvalue weighted by molar-refractivity contribution is 0.454. The van der Waals surface area contributed by atoms with Gasteiger partial charge in [0.2, 0.25) is 11.8 Å².